The zero-order chi connectivity index (χ0) is 17.3. The second-order valence-corrected chi connectivity index (χ2v) is 6.96. The van der Waals surface area contributed by atoms with Crippen LogP contribution in [0.25, 0.3) is 54.1 Å². The van der Waals surface area contributed by atoms with Crippen molar-refractivity contribution in [2.24, 2.45) is 7.05 Å². The smallest absolute Gasteiger partial charge is 0.0802 e. The Bertz CT molecular complexity index is 1490. The fourth-order valence-electron chi connectivity index (χ4n) is 4.44. The lowest BCUT2D eigenvalue weighted by molar-refractivity contribution is 0.973. The molecule has 0 saturated carbocycles. The SMILES string of the molecule is Cn1ccc2c3ncccc3c3ccc4ccc5ccccc5c4c3c21. The quantitative estimate of drug-likeness (QED) is 0.303. The van der Waals surface area contributed by atoms with Gasteiger partial charge in [-0.2, -0.15) is 0 Å². The maximum absolute atomic E-state index is 4.70. The Kier molecular flexibility index (Phi) is 2.57. The third-order valence-electron chi connectivity index (χ3n) is 5.57. The number of aryl methyl sites for hydroxylation is 1. The maximum Gasteiger partial charge on any atom is 0.0802 e. The van der Waals surface area contributed by atoms with E-state index in [1.165, 1.54) is 48.6 Å². The molecule has 0 fully saturated rings. The summed E-state index contributed by atoms with van der Waals surface area (Å²) in [6.07, 6.45) is 4.03. The Labute approximate surface area is 150 Å². The maximum atomic E-state index is 4.70. The van der Waals surface area contributed by atoms with E-state index in [2.05, 4.69) is 78.5 Å². The van der Waals surface area contributed by atoms with Gasteiger partial charge in [0.05, 0.1) is 11.0 Å². The van der Waals surface area contributed by atoms with E-state index >= 15 is 0 Å². The highest BCUT2D eigenvalue weighted by Gasteiger charge is 2.15. The molecule has 0 N–H and O–H groups in total. The van der Waals surface area contributed by atoms with Crippen molar-refractivity contribution in [3.8, 4) is 0 Å². The molecule has 6 aromatic rings. The van der Waals surface area contributed by atoms with Gasteiger partial charge in [-0.05, 0) is 39.1 Å². The lowest BCUT2D eigenvalue weighted by atomic mass is 9.93. The number of nitrogens with zero attached hydrogens (tertiary/aromatic N) is 2. The minimum absolute atomic E-state index is 1.08. The topological polar surface area (TPSA) is 17.8 Å². The first-order chi connectivity index (χ1) is 12.8. The third kappa shape index (κ3) is 1.64. The van der Waals surface area contributed by atoms with Crippen molar-refractivity contribution in [2.45, 2.75) is 0 Å². The molecule has 0 aliphatic carbocycles. The van der Waals surface area contributed by atoms with Crippen LogP contribution in [-0.2, 0) is 7.05 Å². The fourth-order valence-corrected chi connectivity index (χ4v) is 4.44. The fraction of sp³-hybridized carbons (Fsp3) is 0.0417. The van der Waals surface area contributed by atoms with Crippen molar-refractivity contribution < 1.29 is 0 Å². The lowest BCUT2D eigenvalue weighted by Crippen LogP contribution is -1.91. The van der Waals surface area contributed by atoms with Gasteiger partial charge >= 0.3 is 0 Å². The second kappa shape index (κ2) is 4.83. The predicted molar refractivity (Wildman–Crippen MR) is 111 cm³/mol. The molecule has 0 aliphatic rings. The van der Waals surface area contributed by atoms with Crippen molar-refractivity contribution in [3.05, 3.63) is 79.1 Å². The van der Waals surface area contributed by atoms with E-state index in [0.29, 0.717) is 0 Å². The Morgan fingerprint density at radius 2 is 1.46 bits per heavy atom. The molecule has 2 heterocycles. The van der Waals surface area contributed by atoms with Crippen molar-refractivity contribution in [1.29, 1.82) is 0 Å². The van der Waals surface area contributed by atoms with Gasteiger partial charge in [-0.15, -0.1) is 0 Å². The molecule has 6 rings (SSSR count). The number of hydrogen-bond acceptors (Lipinski definition) is 1. The van der Waals surface area contributed by atoms with Gasteiger partial charge in [-0.1, -0.05) is 54.6 Å². The summed E-state index contributed by atoms with van der Waals surface area (Å²) in [6, 6.07) is 24.0. The van der Waals surface area contributed by atoms with Crippen LogP contribution in [0.2, 0.25) is 0 Å². The molecule has 122 valence electrons. The Morgan fingerprint density at radius 1 is 0.654 bits per heavy atom. The van der Waals surface area contributed by atoms with Gasteiger partial charge in [0.2, 0.25) is 0 Å². The average molecular weight is 332 g/mol. The summed E-state index contributed by atoms with van der Waals surface area (Å²) >= 11 is 0. The molecule has 0 spiro atoms. The molecule has 26 heavy (non-hydrogen) atoms. The first-order valence-corrected chi connectivity index (χ1v) is 8.89. The third-order valence-corrected chi connectivity index (χ3v) is 5.57. The van der Waals surface area contributed by atoms with Gasteiger partial charge in [-0.25, -0.2) is 0 Å². The summed E-state index contributed by atoms with van der Waals surface area (Å²) in [5.74, 6) is 0. The molecular weight excluding hydrogens is 316 g/mol. The monoisotopic (exact) mass is 332 g/mol. The van der Waals surface area contributed by atoms with Gasteiger partial charge in [0.25, 0.3) is 0 Å². The largest absolute Gasteiger partial charge is 0.350 e. The van der Waals surface area contributed by atoms with E-state index in [4.69, 9.17) is 4.98 Å². The number of aromatic nitrogens is 2. The van der Waals surface area contributed by atoms with Crippen molar-refractivity contribution >= 4 is 54.1 Å². The van der Waals surface area contributed by atoms with Crippen LogP contribution < -0.4 is 0 Å². The minimum Gasteiger partial charge on any atom is -0.350 e. The van der Waals surface area contributed by atoms with E-state index in [1.807, 2.05) is 12.3 Å². The standard InChI is InChI=1S/C24H16N2/c1-26-14-12-20-23-19(7-4-13-25-23)18-11-10-16-9-8-15-5-2-3-6-17(15)21(16)22(18)24(20)26/h2-14H,1H3. The molecule has 2 nitrogen and oxygen atoms in total. The van der Waals surface area contributed by atoms with Crippen LogP contribution in [0.15, 0.2) is 79.1 Å². The van der Waals surface area contributed by atoms with Crippen LogP contribution >= 0.6 is 0 Å². The number of benzene rings is 4. The summed E-state index contributed by atoms with van der Waals surface area (Å²) < 4.78 is 2.23. The van der Waals surface area contributed by atoms with Gasteiger partial charge < -0.3 is 4.57 Å². The number of pyridine rings is 1. The van der Waals surface area contributed by atoms with Crippen molar-refractivity contribution in [2.75, 3.05) is 0 Å². The number of hydrogen-bond donors (Lipinski definition) is 0. The normalized spacial score (nSPS) is 12.0. The zero-order valence-corrected chi connectivity index (χ0v) is 14.4. The highest BCUT2D eigenvalue weighted by Crippen LogP contribution is 2.40. The summed E-state index contributed by atoms with van der Waals surface area (Å²) in [6.45, 7) is 0. The van der Waals surface area contributed by atoms with Crippen LogP contribution in [0.1, 0.15) is 0 Å². The minimum atomic E-state index is 1.08. The van der Waals surface area contributed by atoms with Crippen molar-refractivity contribution in [1.82, 2.24) is 9.55 Å². The highest BCUT2D eigenvalue weighted by atomic mass is 14.9. The summed E-state index contributed by atoms with van der Waals surface area (Å²) in [7, 11) is 2.13. The van der Waals surface area contributed by atoms with Gasteiger partial charge in [0, 0.05) is 35.6 Å². The molecule has 0 bridgehead atoms. The Morgan fingerprint density at radius 3 is 2.42 bits per heavy atom. The molecule has 0 saturated heterocycles. The van der Waals surface area contributed by atoms with Gasteiger partial charge in [-0.3, -0.25) is 4.98 Å². The Hall–Kier alpha value is -3.39. The van der Waals surface area contributed by atoms with Gasteiger partial charge in [0.15, 0.2) is 0 Å². The van der Waals surface area contributed by atoms with E-state index in [-0.39, 0.29) is 0 Å². The van der Waals surface area contributed by atoms with Crippen LogP contribution in [0.3, 0.4) is 0 Å². The average Bonchev–Trinajstić information content (AvgIpc) is 3.09. The zero-order valence-electron chi connectivity index (χ0n) is 14.4. The molecule has 2 heteroatoms. The first kappa shape index (κ1) is 13.9. The van der Waals surface area contributed by atoms with Gasteiger partial charge in [0.1, 0.15) is 0 Å². The molecule has 0 aliphatic heterocycles. The molecule has 4 aromatic carbocycles. The molecule has 0 amide bonds. The number of fused-ring (bicyclic) bond motifs is 10. The second-order valence-electron chi connectivity index (χ2n) is 6.96. The van der Waals surface area contributed by atoms with Crippen LogP contribution in [-0.4, -0.2) is 9.55 Å². The van der Waals surface area contributed by atoms with Crippen molar-refractivity contribution in [3.63, 3.8) is 0 Å². The lowest BCUT2D eigenvalue weighted by Gasteiger charge is -2.13. The summed E-state index contributed by atoms with van der Waals surface area (Å²) in [5.41, 5.74) is 2.34. The molecule has 0 radical (unpaired) electrons. The molecule has 0 unspecified atom stereocenters. The van der Waals surface area contributed by atoms with Crippen LogP contribution in [0.5, 0.6) is 0 Å². The Balaban J connectivity index is 2.07. The molecular formula is C24H16N2. The van der Waals surface area contributed by atoms with E-state index in [9.17, 15) is 0 Å². The predicted octanol–water partition coefficient (Wildman–Crippen LogP) is 6.19. The van der Waals surface area contributed by atoms with Crippen LogP contribution in [0, 0.1) is 0 Å². The van der Waals surface area contributed by atoms with E-state index < -0.39 is 0 Å². The van der Waals surface area contributed by atoms with E-state index in [1.54, 1.807) is 0 Å². The summed E-state index contributed by atoms with van der Waals surface area (Å²) in [5, 5.41) is 10.2. The van der Waals surface area contributed by atoms with Crippen LogP contribution in [0.4, 0.5) is 0 Å². The molecule has 0 atom stereocenters. The number of rotatable bonds is 0. The summed E-state index contributed by atoms with van der Waals surface area (Å²) in [4.78, 5) is 4.70. The first-order valence-electron chi connectivity index (χ1n) is 8.89. The molecule has 2 aromatic heterocycles. The highest BCUT2D eigenvalue weighted by molar-refractivity contribution is 6.33. The van der Waals surface area contributed by atoms with E-state index in [0.717, 1.165) is 5.52 Å².